The standard InChI is InChI=1S/C26H28N2O2.ClH/c1-3-25(29)28-20-9-10-21(28)16-23(15-20)30-22-11-6-18(7-12-22)24-13-8-19-5-4-14-27-26(19)17(24)2;/h4-8,11-14,20-21,23H,3,9-10,15-16H2,1-2H3;1H/t20-,21+,23?;. The van der Waals surface area contributed by atoms with E-state index in [0.717, 1.165) is 36.9 Å². The Morgan fingerprint density at radius 1 is 1.06 bits per heavy atom. The van der Waals surface area contributed by atoms with Crippen LogP contribution in [0, 0.1) is 6.92 Å². The molecule has 1 amide bonds. The number of aryl methyl sites for hydroxylation is 1. The number of pyridine rings is 1. The van der Waals surface area contributed by atoms with Crippen molar-refractivity contribution in [3.8, 4) is 16.9 Å². The first-order valence-electron chi connectivity index (χ1n) is 11.1. The second-order valence-electron chi connectivity index (χ2n) is 8.59. The van der Waals surface area contributed by atoms with E-state index < -0.39 is 0 Å². The third kappa shape index (κ3) is 4.01. The molecule has 0 saturated carbocycles. The third-order valence-corrected chi connectivity index (χ3v) is 6.78. The summed E-state index contributed by atoms with van der Waals surface area (Å²) < 4.78 is 6.34. The molecule has 2 aliphatic rings. The SMILES string of the molecule is CCC(=O)N1[C@@H]2CC[C@H]1CC(Oc1ccc(-c3ccc4cccnc4c3C)cc1)C2.Cl. The highest BCUT2D eigenvalue weighted by Crippen LogP contribution is 2.38. The first-order chi connectivity index (χ1) is 14.6. The number of rotatable bonds is 4. The van der Waals surface area contributed by atoms with Crippen LogP contribution in [-0.2, 0) is 4.79 Å². The van der Waals surface area contributed by atoms with Crippen LogP contribution in [0.5, 0.6) is 5.75 Å². The van der Waals surface area contributed by atoms with E-state index in [-0.39, 0.29) is 18.5 Å². The van der Waals surface area contributed by atoms with Gasteiger partial charge in [-0.05, 0) is 54.7 Å². The van der Waals surface area contributed by atoms with Gasteiger partial charge in [0.15, 0.2) is 0 Å². The average Bonchev–Trinajstić information content (AvgIpc) is 3.05. The van der Waals surface area contributed by atoms with Crippen molar-refractivity contribution in [2.24, 2.45) is 0 Å². The quantitative estimate of drug-likeness (QED) is 0.508. The van der Waals surface area contributed by atoms with Crippen LogP contribution < -0.4 is 4.74 Å². The summed E-state index contributed by atoms with van der Waals surface area (Å²) in [5, 5.41) is 1.17. The molecule has 3 heterocycles. The Morgan fingerprint density at radius 2 is 1.77 bits per heavy atom. The Balaban J connectivity index is 0.00000231. The predicted molar refractivity (Wildman–Crippen MR) is 127 cm³/mol. The fraction of sp³-hybridized carbons (Fsp3) is 0.385. The van der Waals surface area contributed by atoms with E-state index in [2.05, 4.69) is 59.3 Å². The van der Waals surface area contributed by atoms with Gasteiger partial charge >= 0.3 is 0 Å². The van der Waals surface area contributed by atoms with Crippen LogP contribution >= 0.6 is 12.4 Å². The molecule has 2 aromatic carbocycles. The molecule has 2 saturated heterocycles. The van der Waals surface area contributed by atoms with E-state index in [1.54, 1.807) is 0 Å². The van der Waals surface area contributed by atoms with Crippen molar-refractivity contribution in [2.45, 2.75) is 64.1 Å². The maximum atomic E-state index is 12.3. The van der Waals surface area contributed by atoms with Gasteiger partial charge in [0.05, 0.1) is 5.52 Å². The number of piperidine rings is 1. The van der Waals surface area contributed by atoms with Gasteiger partial charge in [0.1, 0.15) is 11.9 Å². The Hall–Kier alpha value is -2.59. The van der Waals surface area contributed by atoms with Crippen molar-refractivity contribution in [1.29, 1.82) is 0 Å². The van der Waals surface area contributed by atoms with Crippen molar-refractivity contribution < 1.29 is 9.53 Å². The summed E-state index contributed by atoms with van der Waals surface area (Å²) in [6.07, 6.45) is 6.76. The van der Waals surface area contributed by atoms with Crippen LogP contribution in [0.4, 0.5) is 0 Å². The van der Waals surface area contributed by atoms with E-state index >= 15 is 0 Å². The first-order valence-corrected chi connectivity index (χ1v) is 11.1. The number of aromatic nitrogens is 1. The lowest BCUT2D eigenvalue weighted by Crippen LogP contribution is -2.49. The van der Waals surface area contributed by atoms with Crippen molar-refractivity contribution in [3.05, 3.63) is 60.3 Å². The van der Waals surface area contributed by atoms with Crippen LogP contribution in [0.2, 0.25) is 0 Å². The zero-order valence-electron chi connectivity index (χ0n) is 18.1. The number of ether oxygens (including phenoxy) is 1. The molecule has 3 atom stereocenters. The van der Waals surface area contributed by atoms with Crippen molar-refractivity contribution in [3.63, 3.8) is 0 Å². The molecule has 1 unspecified atom stereocenters. The van der Waals surface area contributed by atoms with Gasteiger partial charge in [0.25, 0.3) is 0 Å². The van der Waals surface area contributed by atoms with E-state index in [1.165, 1.54) is 22.1 Å². The molecule has 162 valence electrons. The Kier molecular flexibility index (Phi) is 6.19. The van der Waals surface area contributed by atoms with Crippen LogP contribution in [0.15, 0.2) is 54.7 Å². The molecule has 5 rings (SSSR count). The number of nitrogens with zero attached hydrogens (tertiary/aromatic N) is 2. The van der Waals surface area contributed by atoms with Crippen LogP contribution in [-0.4, -0.2) is 34.0 Å². The number of amides is 1. The lowest BCUT2D eigenvalue weighted by atomic mass is 9.97. The molecular weight excluding hydrogens is 408 g/mol. The molecule has 2 fully saturated rings. The number of benzene rings is 2. The number of hydrogen-bond acceptors (Lipinski definition) is 3. The van der Waals surface area contributed by atoms with Crippen LogP contribution in [0.3, 0.4) is 0 Å². The predicted octanol–water partition coefficient (Wildman–Crippen LogP) is 5.94. The number of hydrogen-bond donors (Lipinski definition) is 0. The molecule has 0 N–H and O–H groups in total. The lowest BCUT2D eigenvalue weighted by Gasteiger charge is -2.38. The second kappa shape index (κ2) is 8.88. The van der Waals surface area contributed by atoms with Crippen molar-refractivity contribution in [1.82, 2.24) is 9.88 Å². The van der Waals surface area contributed by atoms with Crippen LogP contribution in [0.1, 0.15) is 44.6 Å². The molecular formula is C26H29ClN2O2. The summed E-state index contributed by atoms with van der Waals surface area (Å²) in [5.41, 5.74) is 4.64. The third-order valence-electron chi connectivity index (χ3n) is 6.78. The largest absolute Gasteiger partial charge is 0.490 e. The van der Waals surface area contributed by atoms with E-state index in [1.807, 2.05) is 19.2 Å². The minimum absolute atomic E-state index is 0. The summed E-state index contributed by atoms with van der Waals surface area (Å²) in [7, 11) is 0. The Morgan fingerprint density at radius 3 is 2.45 bits per heavy atom. The number of halogens is 1. The summed E-state index contributed by atoms with van der Waals surface area (Å²) in [5.74, 6) is 1.21. The van der Waals surface area contributed by atoms with Gasteiger partial charge in [-0.3, -0.25) is 9.78 Å². The minimum Gasteiger partial charge on any atom is -0.490 e. The number of fused-ring (bicyclic) bond motifs is 3. The van der Waals surface area contributed by atoms with Gasteiger partial charge in [0, 0.05) is 42.9 Å². The molecule has 2 aliphatic heterocycles. The van der Waals surface area contributed by atoms with E-state index in [9.17, 15) is 4.79 Å². The smallest absolute Gasteiger partial charge is 0.222 e. The maximum Gasteiger partial charge on any atom is 0.222 e. The molecule has 0 radical (unpaired) electrons. The maximum absolute atomic E-state index is 12.3. The highest BCUT2D eigenvalue weighted by atomic mass is 35.5. The molecule has 0 aliphatic carbocycles. The first kappa shape index (κ1) is 21.6. The second-order valence-corrected chi connectivity index (χ2v) is 8.59. The summed E-state index contributed by atoms with van der Waals surface area (Å²) in [6.45, 7) is 4.09. The monoisotopic (exact) mass is 436 g/mol. The zero-order valence-corrected chi connectivity index (χ0v) is 18.9. The number of carbonyl (C=O) groups excluding carboxylic acids is 1. The fourth-order valence-corrected chi connectivity index (χ4v) is 5.32. The summed E-state index contributed by atoms with van der Waals surface area (Å²) >= 11 is 0. The van der Waals surface area contributed by atoms with Gasteiger partial charge in [-0.15, -0.1) is 12.4 Å². The molecule has 4 nitrogen and oxygen atoms in total. The molecule has 31 heavy (non-hydrogen) atoms. The zero-order chi connectivity index (χ0) is 20.7. The highest BCUT2D eigenvalue weighted by Gasteiger charge is 2.43. The highest BCUT2D eigenvalue weighted by molar-refractivity contribution is 5.88. The number of carbonyl (C=O) groups is 1. The molecule has 3 aromatic rings. The fourth-order valence-electron chi connectivity index (χ4n) is 5.32. The van der Waals surface area contributed by atoms with Gasteiger partial charge in [0.2, 0.25) is 5.91 Å². The Bertz CT molecular complexity index is 1070. The van der Waals surface area contributed by atoms with Crippen LogP contribution in [0.25, 0.3) is 22.0 Å². The minimum atomic E-state index is 0. The molecule has 0 spiro atoms. The van der Waals surface area contributed by atoms with Crippen molar-refractivity contribution in [2.75, 3.05) is 0 Å². The Labute approximate surface area is 190 Å². The van der Waals surface area contributed by atoms with Crippen molar-refractivity contribution >= 4 is 29.2 Å². The molecule has 1 aromatic heterocycles. The summed E-state index contributed by atoms with van der Waals surface area (Å²) in [6, 6.07) is 17.5. The average molecular weight is 437 g/mol. The lowest BCUT2D eigenvalue weighted by molar-refractivity contribution is -0.136. The summed E-state index contributed by atoms with van der Waals surface area (Å²) in [4.78, 5) is 18.9. The molecule has 5 heteroatoms. The van der Waals surface area contributed by atoms with Gasteiger partial charge < -0.3 is 9.64 Å². The van der Waals surface area contributed by atoms with E-state index in [4.69, 9.17) is 4.74 Å². The van der Waals surface area contributed by atoms with Gasteiger partial charge in [-0.25, -0.2) is 0 Å². The topological polar surface area (TPSA) is 42.4 Å². The van der Waals surface area contributed by atoms with Gasteiger partial charge in [-0.2, -0.15) is 0 Å². The normalized spacial score (nSPS) is 22.3. The van der Waals surface area contributed by atoms with E-state index in [0.29, 0.717) is 24.4 Å². The van der Waals surface area contributed by atoms with Gasteiger partial charge in [-0.1, -0.05) is 37.3 Å². The molecule has 2 bridgehead atoms.